The van der Waals surface area contributed by atoms with Gasteiger partial charge in [-0.3, -0.25) is 0 Å². The third-order valence-corrected chi connectivity index (χ3v) is 21.1. The summed E-state index contributed by atoms with van der Waals surface area (Å²) in [5.41, 5.74) is 7.85. The Morgan fingerprint density at radius 2 is 0.398 bits per heavy atom. The minimum atomic E-state index is -0.886. The van der Waals surface area contributed by atoms with Crippen LogP contribution in [-0.2, 0) is 97.9 Å². The lowest BCUT2D eigenvalue weighted by Crippen LogP contribution is -2.31. The van der Waals surface area contributed by atoms with Gasteiger partial charge >= 0.3 is 47.8 Å². The highest BCUT2D eigenvalue weighted by Gasteiger charge is 2.31. The maximum Gasteiger partial charge on any atom is 0.333 e. The van der Waals surface area contributed by atoms with Gasteiger partial charge in [0.25, 0.3) is 0 Å². The molecule has 0 bridgehead atoms. The van der Waals surface area contributed by atoms with Crippen LogP contribution in [0.3, 0.4) is 0 Å². The molecule has 0 aliphatic heterocycles. The molecule has 0 aromatic heterocycles. The van der Waals surface area contributed by atoms with Crippen molar-refractivity contribution in [2.75, 3.05) is 79.3 Å². The molecule has 26 heteroatoms. The Balaban J connectivity index is 0.000000364. The predicted molar refractivity (Wildman–Crippen MR) is 504 cm³/mol. The number of ether oxygens (including phenoxy) is 16. The van der Waals surface area contributed by atoms with Gasteiger partial charge in [-0.1, -0.05) is 205 Å². The van der Waals surface area contributed by atoms with Crippen molar-refractivity contribution in [3.05, 3.63) is 337 Å². The summed E-state index contributed by atoms with van der Waals surface area (Å²) >= 11 is 0. The van der Waals surface area contributed by atoms with Crippen molar-refractivity contribution < 1.29 is 124 Å². The molecule has 133 heavy (non-hydrogen) atoms. The van der Waals surface area contributed by atoms with Crippen LogP contribution in [0.2, 0.25) is 0 Å². The van der Waals surface area contributed by atoms with E-state index in [-0.39, 0.29) is 129 Å². The van der Waals surface area contributed by atoms with E-state index in [0.29, 0.717) is 46.0 Å². The number of esters is 8. The van der Waals surface area contributed by atoms with Gasteiger partial charge in [-0.25, -0.2) is 38.4 Å². The number of aliphatic hydroxyl groups excluding tert-OH is 2. The van der Waals surface area contributed by atoms with Crippen LogP contribution in [0, 0.1) is 0 Å². The Hall–Kier alpha value is -14.2. The van der Waals surface area contributed by atoms with Crippen LogP contribution in [0.1, 0.15) is 135 Å². The molecule has 0 saturated carbocycles. The standard InChI is InChI=1S/C55H64O13.C52H58O13/c1-35(2)50(57)65-33-48(67-52(59)37(5)6)31-63-46-25-17-41(18-26-46)54(9,10)39-13-21-44(22-14-39)61-29-43(56)30-62-45-23-15-40(16-24-45)55(11,12)42-19-27-47(28-20-42)64-32-49(68-53(60)38(7)8)34-66-51(58)36(3)4;1-10-47(54)62-33-45(64-48(55)11-2)31-60-43-25-17-38(18-26-43)51(6,7)36-13-21-41(22-14-36)58-29-40(53)30-59-42-23-15-37(16-24-42)52(8,9)39-19-27-44(28-20-39)61-32-46(65-49(56)12-3)34-63-50(57)35(4)5/h13-28,43,48-49,56H,1,3,5,7,29-34H2,2,4,6,8-12H3;10-28,40,45-46,53H,1-4,29-34H2,5-9H3. The van der Waals surface area contributed by atoms with Crippen molar-refractivity contribution in [1.82, 2.24) is 0 Å². The monoisotopic (exact) mass is 1820 g/mol. The number of rotatable bonds is 52. The second kappa shape index (κ2) is 50.8. The first-order valence-corrected chi connectivity index (χ1v) is 42.9. The average molecular weight is 1820 g/mol. The lowest BCUT2D eigenvalue weighted by Gasteiger charge is -2.27. The first kappa shape index (κ1) is 106. The SMILES string of the molecule is C=C(C)C(=O)OCC(COc1ccc(C(C)(C)c2ccc(OCC(O)COc3ccc(C(C)(C)c4ccc(OCC(COC(=O)C(=C)C)OC(=O)C(=C)C)cc4)cc3)cc2)cc1)OC(=O)C(=C)C.C=CC(=O)OCC(COc1ccc(C(C)(C)c2ccc(OCC(O)COc3ccc(C(C)(C)c4ccc(OCC(COC(=O)C(=C)C)OC(=O)C=C)cc4)cc3)cc2)cc1)OC(=O)C=C. The van der Waals surface area contributed by atoms with Gasteiger partial charge in [-0.15, -0.1) is 0 Å². The zero-order chi connectivity index (χ0) is 97.8. The van der Waals surface area contributed by atoms with Crippen molar-refractivity contribution in [3.63, 3.8) is 0 Å². The molecule has 706 valence electrons. The highest BCUT2D eigenvalue weighted by atomic mass is 16.6. The molecule has 0 spiro atoms. The lowest BCUT2D eigenvalue weighted by molar-refractivity contribution is -0.155. The molecule has 8 aromatic carbocycles. The van der Waals surface area contributed by atoms with Crippen LogP contribution in [0.5, 0.6) is 46.0 Å². The van der Waals surface area contributed by atoms with Gasteiger partial charge in [-0.05, 0) is 176 Å². The molecule has 5 unspecified atom stereocenters. The summed E-state index contributed by atoms with van der Waals surface area (Å²) < 4.78 is 88.9. The second-order valence-electron chi connectivity index (χ2n) is 33.6. The molecular weight excluding hydrogens is 1700 g/mol. The summed E-state index contributed by atoms with van der Waals surface area (Å²) in [7, 11) is 0. The van der Waals surface area contributed by atoms with Crippen LogP contribution in [0.4, 0.5) is 0 Å². The van der Waals surface area contributed by atoms with Crippen LogP contribution in [0.15, 0.2) is 293 Å². The first-order valence-electron chi connectivity index (χ1n) is 42.9. The molecule has 8 rings (SSSR count). The van der Waals surface area contributed by atoms with E-state index in [4.69, 9.17) is 75.8 Å². The molecule has 0 radical (unpaired) electrons. The maximum absolute atomic E-state index is 12.2. The van der Waals surface area contributed by atoms with Gasteiger partial charge in [-0.2, -0.15) is 0 Å². The molecular formula is C107H122O26. The number of hydrogen-bond acceptors (Lipinski definition) is 26. The van der Waals surface area contributed by atoms with E-state index >= 15 is 0 Å². The van der Waals surface area contributed by atoms with Crippen molar-refractivity contribution in [1.29, 1.82) is 0 Å². The van der Waals surface area contributed by atoms with Gasteiger partial charge in [0.15, 0.2) is 24.4 Å². The Morgan fingerprint density at radius 1 is 0.241 bits per heavy atom. The number of carbonyl (C=O) groups is 8. The summed E-state index contributed by atoms with van der Waals surface area (Å²) in [6, 6.07) is 61.0. The minimum absolute atomic E-state index is 0.0291. The molecule has 0 aliphatic carbocycles. The molecule has 5 atom stereocenters. The molecule has 0 amide bonds. The van der Waals surface area contributed by atoms with Crippen LogP contribution < -0.4 is 37.9 Å². The number of carbonyl (C=O) groups excluding carboxylic acids is 8. The van der Waals surface area contributed by atoms with Crippen molar-refractivity contribution in [2.24, 2.45) is 0 Å². The quantitative estimate of drug-likeness (QED) is 0.0203. The molecule has 26 nitrogen and oxygen atoms in total. The van der Waals surface area contributed by atoms with Gasteiger partial charge in [0, 0.05) is 67.8 Å². The second-order valence-corrected chi connectivity index (χ2v) is 33.6. The fourth-order valence-electron chi connectivity index (χ4n) is 12.5. The Morgan fingerprint density at radius 3 is 0.564 bits per heavy atom. The van der Waals surface area contributed by atoms with Crippen LogP contribution in [-0.4, -0.2) is 174 Å². The summed E-state index contributed by atoms with van der Waals surface area (Å²) in [6.07, 6.45) is -2.08. The molecule has 0 heterocycles. The van der Waals surface area contributed by atoms with E-state index in [0.717, 1.165) is 62.7 Å². The fourth-order valence-corrected chi connectivity index (χ4v) is 12.5. The Kier molecular flexibility index (Phi) is 40.4. The third-order valence-electron chi connectivity index (χ3n) is 21.1. The summed E-state index contributed by atoms with van der Waals surface area (Å²) in [5, 5.41) is 21.4. The summed E-state index contributed by atoms with van der Waals surface area (Å²) in [6.45, 7) is 51.7. The van der Waals surface area contributed by atoms with Crippen molar-refractivity contribution in [2.45, 2.75) is 148 Å². The molecule has 0 saturated heterocycles. The average Bonchev–Trinajstić information content (AvgIpc) is 0.814. The van der Waals surface area contributed by atoms with E-state index in [1.165, 1.54) is 34.6 Å². The third kappa shape index (κ3) is 33.9. The normalized spacial score (nSPS) is 12.5. The number of benzene rings is 8. The molecule has 0 fully saturated rings. The predicted octanol–water partition coefficient (Wildman–Crippen LogP) is 17.1. The summed E-state index contributed by atoms with van der Waals surface area (Å²) in [4.78, 5) is 95.0. The number of hydrogen-bond donors (Lipinski definition) is 2. The van der Waals surface area contributed by atoms with Crippen molar-refractivity contribution in [3.8, 4) is 46.0 Å². The van der Waals surface area contributed by atoms with Gasteiger partial charge in [0.1, 0.15) is 137 Å². The zero-order valence-corrected chi connectivity index (χ0v) is 78.0. The zero-order valence-electron chi connectivity index (χ0n) is 78.0. The molecule has 0 aliphatic rings. The van der Waals surface area contributed by atoms with Gasteiger partial charge in [0.05, 0.1) is 0 Å². The topological polar surface area (TPSA) is 325 Å². The van der Waals surface area contributed by atoms with E-state index < -0.39 is 84.4 Å². The molecule has 8 aromatic rings. The largest absolute Gasteiger partial charge is 0.491 e. The Bertz CT molecular complexity index is 5130. The summed E-state index contributed by atoms with van der Waals surface area (Å²) in [5.74, 6) is -0.390. The lowest BCUT2D eigenvalue weighted by atomic mass is 9.78. The van der Waals surface area contributed by atoms with E-state index in [1.54, 1.807) is 0 Å². The van der Waals surface area contributed by atoms with Gasteiger partial charge < -0.3 is 86.0 Å². The van der Waals surface area contributed by atoms with Gasteiger partial charge in [0.2, 0.25) is 0 Å². The smallest absolute Gasteiger partial charge is 0.333 e. The highest BCUT2D eigenvalue weighted by Crippen LogP contribution is 2.39. The Labute approximate surface area is 779 Å². The van der Waals surface area contributed by atoms with E-state index in [1.807, 2.05) is 194 Å². The van der Waals surface area contributed by atoms with E-state index in [9.17, 15) is 48.6 Å². The van der Waals surface area contributed by atoms with Crippen molar-refractivity contribution >= 4 is 47.8 Å². The maximum atomic E-state index is 12.2. The fraction of sp³-hybridized carbons (Fsp3) is 0.327. The molecule has 2 N–H and O–H groups in total. The first-order chi connectivity index (χ1) is 63.0. The van der Waals surface area contributed by atoms with Crippen LogP contribution >= 0.6 is 0 Å². The highest BCUT2D eigenvalue weighted by molar-refractivity contribution is 5.89. The van der Waals surface area contributed by atoms with E-state index in [2.05, 4.69) is 108 Å². The minimum Gasteiger partial charge on any atom is -0.491 e. The number of aliphatic hydroxyl groups is 2. The van der Waals surface area contributed by atoms with Crippen LogP contribution in [0.25, 0.3) is 0 Å².